The zero-order chi connectivity index (χ0) is 55.9. The predicted octanol–water partition coefficient (Wildman–Crippen LogP) is 3.80. The van der Waals surface area contributed by atoms with Gasteiger partial charge >= 0.3 is 0 Å². The van der Waals surface area contributed by atoms with Gasteiger partial charge in [0, 0.05) is 42.9 Å². The summed E-state index contributed by atoms with van der Waals surface area (Å²) in [7, 11) is 0. The number of para-hydroxylation sites is 1. The van der Waals surface area contributed by atoms with Gasteiger partial charge < -0.3 is 58.4 Å². The van der Waals surface area contributed by atoms with Crippen LogP contribution in [0.2, 0.25) is 0 Å². The van der Waals surface area contributed by atoms with Gasteiger partial charge in [0.25, 0.3) is 0 Å². The van der Waals surface area contributed by atoms with Crippen LogP contribution in [0.1, 0.15) is 108 Å². The average molecular weight is 1080 g/mol. The number of thioether (sulfide) groups is 1. The van der Waals surface area contributed by atoms with Crippen LogP contribution in [-0.2, 0) is 57.6 Å². The first-order valence-electron chi connectivity index (χ1n) is 27.0. The lowest BCUT2D eigenvalue weighted by Crippen LogP contribution is -2.59. The van der Waals surface area contributed by atoms with Gasteiger partial charge in [-0.2, -0.15) is 11.8 Å². The smallest absolute Gasteiger partial charge is 0.246 e. The molecule has 77 heavy (non-hydrogen) atoms. The summed E-state index contributed by atoms with van der Waals surface area (Å²) in [6.45, 7) is 5.52. The minimum atomic E-state index is -1.28. The Hall–Kier alpha value is -6.93. The van der Waals surface area contributed by atoms with E-state index < -0.39 is 96.1 Å². The largest absolute Gasteiger partial charge is 0.508 e. The van der Waals surface area contributed by atoms with Crippen molar-refractivity contribution in [3.63, 3.8) is 0 Å². The average Bonchev–Trinajstić information content (AvgIpc) is 4.08. The van der Waals surface area contributed by atoms with Crippen LogP contribution >= 0.6 is 11.8 Å². The molecule has 1 aliphatic rings. The molecule has 7 atom stereocenters. The SMILES string of the molecule is CCCCCCCCC(N)C(=O)N[C@@H](Cc1ccc(O)cc1)C(=O)N1CCC[C@H]1C(=O)N[C@@H](Cc1c[nH]c2ccccc12)C(=O)N[C@@H](Cc1ccccc1)C(=O)NCC(=O)N[C@@H](CC(C)C)C(=O)N[C@@H](CCSC)C(N)=O. The molecule has 1 fully saturated rings. The van der Waals surface area contributed by atoms with Crippen molar-refractivity contribution in [2.75, 3.05) is 25.1 Å². The van der Waals surface area contributed by atoms with E-state index in [-0.39, 0.29) is 50.3 Å². The molecule has 12 N–H and O–H groups in total. The molecule has 2 heterocycles. The number of nitrogens with one attached hydrogen (secondary N) is 7. The van der Waals surface area contributed by atoms with E-state index >= 15 is 0 Å². The van der Waals surface area contributed by atoms with Gasteiger partial charge in [0.05, 0.1) is 12.6 Å². The third-order valence-corrected chi connectivity index (χ3v) is 14.4. The zero-order valence-electron chi connectivity index (χ0n) is 44.9. The summed E-state index contributed by atoms with van der Waals surface area (Å²) < 4.78 is 0. The molecule has 5 rings (SSSR count). The summed E-state index contributed by atoms with van der Waals surface area (Å²) in [5, 5.41) is 27.4. The lowest BCUT2D eigenvalue weighted by atomic mass is 10.0. The van der Waals surface area contributed by atoms with E-state index in [2.05, 4.69) is 43.8 Å². The van der Waals surface area contributed by atoms with Crippen molar-refractivity contribution in [3.8, 4) is 5.75 Å². The van der Waals surface area contributed by atoms with Crippen LogP contribution in [0.25, 0.3) is 10.9 Å². The van der Waals surface area contributed by atoms with Gasteiger partial charge in [-0.05, 0) is 84.9 Å². The number of amides is 8. The molecule has 3 aromatic carbocycles. The summed E-state index contributed by atoms with van der Waals surface area (Å²) in [4.78, 5) is 116. The summed E-state index contributed by atoms with van der Waals surface area (Å²) >= 11 is 1.49. The van der Waals surface area contributed by atoms with E-state index in [1.807, 2.05) is 44.4 Å². The summed E-state index contributed by atoms with van der Waals surface area (Å²) in [6, 6.07) is 15.2. The topological polar surface area (TPSA) is 300 Å². The fourth-order valence-corrected chi connectivity index (χ4v) is 9.96. The van der Waals surface area contributed by atoms with Crippen LogP contribution < -0.4 is 43.4 Å². The van der Waals surface area contributed by atoms with E-state index in [0.29, 0.717) is 41.7 Å². The van der Waals surface area contributed by atoms with Crippen molar-refractivity contribution in [2.24, 2.45) is 17.4 Å². The lowest BCUT2D eigenvalue weighted by molar-refractivity contribution is -0.142. The highest BCUT2D eigenvalue weighted by Gasteiger charge is 2.40. The number of likely N-dealkylation sites (tertiary alicyclic amines) is 1. The molecule has 0 aliphatic carbocycles. The highest BCUT2D eigenvalue weighted by Crippen LogP contribution is 2.23. The highest BCUT2D eigenvalue weighted by atomic mass is 32.2. The predicted molar refractivity (Wildman–Crippen MR) is 299 cm³/mol. The third kappa shape index (κ3) is 19.5. The van der Waals surface area contributed by atoms with Crippen LogP contribution in [0.3, 0.4) is 0 Å². The number of carbonyl (C=O) groups is 8. The molecule has 418 valence electrons. The first-order chi connectivity index (χ1) is 37.0. The number of hydrogen-bond acceptors (Lipinski definition) is 11. The molecule has 1 unspecified atom stereocenters. The van der Waals surface area contributed by atoms with Crippen LogP contribution in [-0.4, -0.2) is 130 Å². The fourth-order valence-electron chi connectivity index (χ4n) is 9.49. The monoisotopic (exact) mass is 1080 g/mol. The molecule has 1 aromatic heterocycles. The summed E-state index contributed by atoms with van der Waals surface area (Å²) in [5.41, 5.74) is 14.8. The number of aromatic amines is 1. The first-order valence-corrected chi connectivity index (χ1v) is 28.4. The number of primary amides is 1. The van der Waals surface area contributed by atoms with Crippen molar-refractivity contribution in [2.45, 2.75) is 153 Å². The van der Waals surface area contributed by atoms with Crippen LogP contribution in [0.4, 0.5) is 0 Å². The molecular weight excluding hydrogens is 1000 g/mol. The van der Waals surface area contributed by atoms with Crippen LogP contribution in [0.5, 0.6) is 5.75 Å². The minimum absolute atomic E-state index is 0.00161. The number of phenolic OH excluding ortho intramolecular Hbond substituents is 1. The Morgan fingerprint density at radius 1 is 0.701 bits per heavy atom. The number of carbonyl (C=O) groups excluding carboxylic acids is 8. The molecule has 0 radical (unpaired) electrons. The van der Waals surface area contributed by atoms with E-state index in [4.69, 9.17) is 11.5 Å². The molecular formula is C57H80N10O9S. The second-order valence-electron chi connectivity index (χ2n) is 20.4. The van der Waals surface area contributed by atoms with Gasteiger partial charge in [0.15, 0.2) is 0 Å². The van der Waals surface area contributed by atoms with E-state index in [9.17, 15) is 43.5 Å². The Balaban J connectivity index is 1.35. The van der Waals surface area contributed by atoms with Crippen molar-refractivity contribution >= 4 is 69.9 Å². The maximum Gasteiger partial charge on any atom is 0.246 e. The molecule has 1 saturated heterocycles. The maximum atomic E-state index is 14.8. The van der Waals surface area contributed by atoms with Crippen molar-refractivity contribution in [1.82, 2.24) is 41.8 Å². The maximum absolute atomic E-state index is 14.8. The Bertz CT molecular complexity index is 2580. The third-order valence-electron chi connectivity index (χ3n) is 13.7. The molecule has 8 amide bonds. The first kappa shape index (κ1) is 60.9. The summed E-state index contributed by atoms with van der Waals surface area (Å²) in [6.07, 6.45) is 11.4. The number of aromatic nitrogens is 1. The number of nitrogens with zero attached hydrogens (tertiary/aromatic N) is 1. The number of phenols is 1. The van der Waals surface area contributed by atoms with Crippen LogP contribution in [0.15, 0.2) is 85.1 Å². The fraction of sp³-hybridized carbons (Fsp3) is 0.509. The Kier molecular flexibility index (Phi) is 24.8. The van der Waals surface area contributed by atoms with Gasteiger partial charge in [-0.15, -0.1) is 0 Å². The Labute approximate surface area is 456 Å². The molecule has 0 spiro atoms. The lowest BCUT2D eigenvalue weighted by Gasteiger charge is -2.30. The van der Waals surface area contributed by atoms with Crippen molar-refractivity contribution in [3.05, 3.63) is 102 Å². The zero-order valence-corrected chi connectivity index (χ0v) is 45.8. The van der Waals surface area contributed by atoms with Crippen molar-refractivity contribution < 1.29 is 43.5 Å². The number of nitrogens with two attached hydrogens (primary N) is 2. The van der Waals surface area contributed by atoms with Gasteiger partial charge in [-0.25, -0.2) is 0 Å². The molecule has 20 heteroatoms. The number of fused-ring (bicyclic) bond motifs is 1. The number of aromatic hydroxyl groups is 1. The van der Waals surface area contributed by atoms with E-state index in [1.165, 1.54) is 28.8 Å². The summed E-state index contributed by atoms with van der Waals surface area (Å²) in [5.74, 6) is -4.45. The van der Waals surface area contributed by atoms with Gasteiger partial charge in [0.2, 0.25) is 47.3 Å². The number of benzene rings is 3. The number of hydrogen-bond donors (Lipinski definition) is 10. The Morgan fingerprint density at radius 2 is 1.32 bits per heavy atom. The molecule has 0 bridgehead atoms. The Morgan fingerprint density at radius 3 is 2.03 bits per heavy atom. The normalized spacial score (nSPS) is 15.6. The minimum Gasteiger partial charge on any atom is -0.508 e. The van der Waals surface area contributed by atoms with Gasteiger partial charge in [0.1, 0.15) is 42.0 Å². The quantitative estimate of drug-likeness (QED) is 0.0314. The van der Waals surface area contributed by atoms with Gasteiger partial charge in [-0.1, -0.05) is 120 Å². The number of rotatable bonds is 32. The molecule has 1 aliphatic heterocycles. The van der Waals surface area contributed by atoms with Gasteiger partial charge in [-0.3, -0.25) is 38.4 Å². The van der Waals surface area contributed by atoms with Crippen molar-refractivity contribution in [1.29, 1.82) is 0 Å². The number of unbranched alkanes of at least 4 members (excludes halogenated alkanes) is 5. The standard InChI is InChI=1S/C57H80N10O9S/c1-5-6-7-8-9-13-20-42(58)52(71)66-48(32-38-23-25-40(68)26-24-38)57(76)67-28-16-22-49(67)56(75)65-47(33-39-34-60-43-21-15-14-19-41(39)43)55(74)64-46(31-37-17-11-10-12-18-37)53(72)61-35-50(69)62-45(30-36(2)3)54(73)63-44(51(59)70)27-29-77-4/h10-12,14-15,17-19,21,23-26,34,36,42,44-49,60,68H,5-9,13,16,20,22,27-33,35,58H2,1-4H3,(H2,59,70)(H,61,72)(H,62,69)(H,63,73)(H,64,74)(H,65,75)(H,66,71)/t42?,44-,45-,46-,47-,48-,49-/m0/s1. The molecule has 0 saturated carbocycles. The molecule has 19 nitrogen and oxygen atoms in total. The molecule has 4 aromatic rings. The second-order valence-corrected chi connectivity index (χ2v) is 21.4. The second kappa shape index (κ2) is 31.3. The van der Waals surface area contributed by atoms with E-state index in [0.717, 1.165) is 49.4 Å². The van der Waals surface area contributed by atoms with E-state index in [1.54, 1.807) is 48.7 Å². The van der Waals surface area contributed by atoms with Crippen LogP contribution in [0, 0.1) is 5.92 Å². The highest BCUT2D eigenvalue weighted by molar-refractivity contribution is 7.98. The number of H-pyrrole nitrogens is 1.